The normalized spacial score (nSPS) is 25.7. The molecule has 8 heteroatoms. The Labute approximate surface area is 173 Å². The Bertz CT molecular complexity index is 914. The maximum atomic E-state index is 12.8. The minimum Gasteiger partial charge on any atom is -0.350 e. The van der Waals surface area contributed by atoms with Gasteiger partial charge in [0.25, 0.3) is 0 Å². The van der Waals surface area contributed by atoms with Crippen molar-refractivity contribution < 1.29 is 18.0 Å². The Hall–Kier alpha value is -2.12. The van der Waals surface area contributed by atoms with E-state index in [-0.39, 0.29) is 29.9 Å². The molecule has 3 heterocycles. The zero-order valence-corrected chi connectivity index (χ0v) is 17.0. The van der Waals surface area contributed by atoms with Gasteiger partial charge >= 0.3 is 6.18 Å². The van der Waals surface area contributed by atoms with Gasteiger partial charge in [0, 0.05) is 11.7 Å². The van der Waals surface area contributed by atoms with Crippen molar-refractivity contribution in [3.63, 3.8) is 0 Å². The number of carbonyl (C=O) groups is 1. The van der Waals surface area contributed by atoms with E-state index in [9.17, 15) is 18.0 Å². The van der Waals surface area contributed by atoms with Gasteiger partial charge in [0.05, 0.1) is 17.3 Å². The Balaban J connectivity index is 0.00000240. The number of benzene rings is 1. The maximum absolute atomic E-state index is 12.8. The molecule has 1 aromatic heterocycles. The standard InChI is InChI=1S/C21H22F3N3O.ClH/c1-19(2)12-20(18(28)27-19)9-7-16(26-20)17-11-14(8-10-25-17)13-3-5-15(6-4-13)21(22,23)24;/h3-6,8,10-11,16,26H,7,9,12H2,1-2H3,(H,27,28);1H/t16-,20+;/m0./s1. The van der Waals surface area contributed by atoms with Crippen molar-refractivity contribution in [3.8, 4) is 11.1 Å². The molecule has 2 aromatic rings. The Morgan fingerprint density at radius 2 is 1.79 bits per heavy atom. The van der Waals surface area contributed by atoms with Crippen LogP contribution in [0.4, 0.5) is 13.2 Å². The van der Waals surface area contributed by atoms with Crippen LogP contribution < -0.4 is 10.6 Å². The van der Waals surface area contributed by atoms with Crippen molar-refractivity contribution in [1.82, 2.24) is 15.6 Å². The summed E-state index contributed by atoms with van der Waals surface area (Å²) in [6, 6.07) is 8.72. The zero-order chi connectivity index (χ0) is 20.2. The zero-order valence-electron chi connectivity index (χ0n) is 16.1. The van der Waals surface area contributed by atoms with E-state index in [1.165, 1.54) is 12.1 Å². The van der Waals surface area contributed by atoms with Gasteiger partial charge in [-0.3, -0.25) is 15.1 Å². The van der Waals surface area contributed by atoms with Gasteiger partial charge in [0.15, 0.2) is 0 Å². The van der Waals surface area contributed by atoms with Gasteiger partial charge in [-0.25, -0.2) is 0 Å². The molecule has 2 N–H and O–H groups in total. The summed E-state index contributed by atoms with van der Waals surface area (Å²) in [5, 5.41) is 6.51. The van der Waals surface area contributed by atoms with E-state index in [1.54, 1.807) is 12.3 Å². The van der Waals surface area contributed by atoms with Crippen LogP contribution in [0, 0.1) is 0 Å². The minimum absolute atomic E-state index is 0. The molecule has 156 valence electrons. The van der Waals surface area contributed by atoms with E-state index < -0.39 is 17.3 Å². The lowest BCUT2D eigenvalue weighted by Gasteiger charge is -2.23. The first-order valence-electron chi connectivity index (χ1n) is 9.32. The molecule has 0 unspecified atom stereocenters. The molecule has 2 fully saturated rings. The molecule has 1 spiro atoms. The lowest BCUT2D eigenvalue weighted by atomic mass is 9.88. The van der Waals surface area contributed by atoms with Crippen LogP contribution in [0.1, 0.15) is 50.4 Å². The summed E-state index contributed by atoms with van der Waals surface area (Å²) in [5.74, 6) is 0.0268. The summed E-state index contributed by atoms with van der Waals surface area (Å²) in [7, 11) is 0. The third kappa shape index (κ3) is 4.12. The number of rotatable bonds is 2. The van der Waals surface area contributed by atoms with Crippen LogP contribution >= 0.6 is 12.4 Å². The van der Waals surface area contributed by atoms with Gasteiger partial charge in [-0.15, -0.1) is 12.4 Å². The molecule has 2 saturated heterocycles. The van der Waals surface area contributed by atoms with E-state index in [0.29, 0.717) is 12.0 Å². The van der Waals surface area contributed by atoms with Crippen molar-refractivity contribution in [2.45, 2.75) is 56.4 Å². The van der Waals surface area contributed by atoms with E-state index in [2.05, 4.69) is 15.6 Å². The highest BCUT2D eigenvalue weighted by molar-refractivity contribution is 5.90. The Morgan fingerprint density at radius 3 is 2.38 bits per heavy atom. The van der Waals surface area contributed by atoms with E-state index in [1.807, 2.05) is 19.9 Å². The highest BCUT2D eigenvalue weighted by atomic mass is 35.5. The number of carbonyl (C=O) groups excluding carboxylic acids is 1. The smallest absolute Gasteiger partial charge is 0.350 e. The van der Waals surface area contributed by atoms with Crippen molar-refractivity contribution >= 4 is 18.3 Å². The number of hydrogen-bond donors (Lipinski definition) is 2. The summed E-state index contributed by atoms with van der Waals surface area (Å²) < 4.78 is 38.3. The van der Waals surface area contributed by atoms with Crippen LogP contribution in [0.25, 0.3) is 11.1 Å². The molecule has 2 atom stereocenters. The van der Waals surface area contributed by atoms with Crippen molar-refractivity contribution in [3.05, 3.63) is 53.9 Å². The predicted octanol–water partition coefficient (Wildman–Crippen LogP) is 4.65. The monoisotopic (exact) mass is 425 g/mol. The highest BCUT2D eigenvalue weighted by Gasteiger charge is 2.54. The third-order valence-corrected chi connectivity index (χ3v) is 5.62. The molecular formula is C21H23ClF3N3O. The first kappa shape index (κ1) is 21.6. The third-order valence-electron chi connectivity index (χ3n) is 5.62. The molecular weight excluding hydrogens is 403 g/mol. The number of halogens is 4. The van der Waals surface area contributed by atoms with Crippen molar-refractivity contribution in [2.24, 2.45) is 0 Å². The van der Waals surface area contributed by atoms with Gasteiger partial charge in [0.2, 0.25) is 5.91 Å². The summed E-state index contributed by atoms with van der Waals surface area (Å²) in [4.78, 5) is 17.0. The molecule has 29 heavy (non-hydrogen) atoms. The predicted molar refractivity (Wildman–Crippen MR) is 107 cm³/mol. The molecule has 0 radical (unpaired) electrons. The molecule has 0 saturated carbocycles. The summed E-state index contributed by atoms with van der Waals surface area (Å²) in [6.45, 7) is 4.02. The molecule has 4 nitrogen and oxygen atoms in total. The number of nitrogens with zero attached hydrogens (tertiary/aromatic N) is 1. The SMILES string of the molecule is CC1(C)C[C@]2(CC[C@@H](c3cc(-c4ccc(C(F)(F)F)cc4)ccn3)N2)C(=O)N1.Cl. The number of pyridine rings is 1. The minimum atomic E-state index is -4.35. The second kappa shape index (κ2) is 7.29. The number of aromatic nitrogens is 1. The Morgan fingerprint density at radius 1 is 1.10 bits per heavy atom. The molecule has 0 bridgehead atoms. The van der Waals surface area contributed by atoms with Gasteiger partial charge in [-0.2, -0.15) is 13.2 Å². The molecule has 1 aromatic carbocycles. The van der Waals surface area contributed by atoms with Gasteiger partial charge in [0.1, 0.15) is 5.54 Å². The Kier molecular flexibility index (Phi) is 5.43. The highest BCUT2D eigenvalue weighted by Crippen LogP contribution is 2.41. The fourth-order valence-electron chi connectivity index (χ4n) is 4.38. The topological polar surface area (TPSA) is 54.0 Å². The average molecular weight is 426 g/mol. The number of amides is 1. The van der Waals surface area contributed by atoms with Gasteiger partial charge in [-0.05, 0) is 68.5 Å². The second-order valence-electron chi connectivity index (χ2n) is 8.38. The van der Waals surface area contributed by atoms with E-state index >= 15 is 0 Å². The molecule has 2 aliphatic rings. The summed E-state index contributed by atoms with van der Waals surface area (Å²) in [6.07, 6.45) is -0.451. The van der Waals surface area contributed by atoms with Crippen molar-refractivity contribution in [1.29, 1.82) is 0 Å². The molecule has 2 aliphatic heterocycles. The largest absolute Gasteiger partial charge is 0.416 e. The van der Waals surface area contributed by atoms with E-state index in [0.717, 1.165) is 36.2 Å². The molecule has 0 aliphatic carbocycles. The van der Waals surface area contributed by atoms with Crippen LogP contribution in [0.15, 0.2) is 42.6 Å². The van der Waals surface area contributed by atoms with Gasteiger partial charge in [-0.1, -0.05) is 12.1 Å². The van der Waals surface area contributed by atoms with Crippen LogP contribution in [0.5, 0.6) is 0 Å². The van der Waals surface area contributed by atoms with Crippen LogP contribution in [0.2, 0.25) is 0 Å². The number of hydrogen-bond acceptors (Lipinski definition) is 3. The quantitative estimate of drug-likeness (QED) is 0.736. The summed E-state index contributed by atoms with van der Waals surface area (Å²) in [5.41, 5.74) is 0.822. The average Bonchev–Trinajstić information content (AvgIpc) is 3.15. The van der Waals surface area contributed by atoms with Crippen molar-refractivity contribution in [2.75, 3.05) is 0 Å². The first-order chi connectivity index (χ1) is 13.1. The fraction of sp³-hybridized carbons (Fsp3) is 0.429. The van der Waals surface area contributed by atoms with Crippen LogP contribution in [-0.2, 0) is 11.0 Å². The van der Waals surface area contributed by atoms with Crippen LogP contribution in [-0.4, -0.2) is 22.0 Å². The lowest BCUT2D eigenvalue weighted by Crippen LogP contribution is -2.47. The first-order valence-corrected chi connectivity index (χ1v) is 9.32. The van der Waals surface area contributed by atoms with Crippen LogP contribution in [0.3, 0.4) is 0 Å². The number of nitrogens with one attached hydrogen (secondary N) is 2. The fourth-order valence-corrected chi connectivity index (χ4v) is 4.38. The lowest BCUT2D eigenvalue weighted by molar-refractivity contribution is -0.137. The maximum Gasteiger partial charge on any atom is 0.416 e. The molecule has 1 amide bonds. The number of alkyl halides is 3. The van der Waals surface area contributed by atoms with Gasteiger partial charge < -0.3 is 5.32 Å². The second-order valence-corrected chi connectivity index (χ2v) is 8.38. The molecule has 4 rings (SSSR count). The van der Waals surface area contributed by atoms with E-state index in [4.69, 9.17) is 0 Å². The summed E-state index contributed by atoms with van der Waals surface area (Å²) >= 11 is 0.